The number of hydrogen-bond acceptors (Lipinski definition) is 5. The molecule has 0 aliphatic heterocycles. The maximum atomic E-state index is 12.4. The number of nitrogens with one attached hydrogen (secondary N) is 2. The first-order valence-corrected chi connectivity index (χ1v) is 10.7. The lowest BCUT2D eigenvalue weighted by Gasteiger charge is -2.12. The minimum atomic E-state index is -0.383. The third kappa shape index (κ3) is 4.59. The van der Waals surface area contributed by atoms with Crippen molar-refractivity contribution in [1.29, 1.82) is 0 Å². The first-order chi connectivity index (χ1) is 15.3. The van der Waals surface area contributed by atoms with E-state index < -0.39 is 0 Å². The first-order valence-electron chi connectivity index (χ1n) is 9.95. The Labute approximate surface area is 195 Å². The third-order valence-electron chi connectivity index (χ3n) is 4.96. The van der Waals surface area contributed by atoms with E-state index in [4.69, 9.17) is 28.2 Å². The number of fused-ring (bicyclic) bond motifs is 1. The quantitative estimate of drug-likeness (QED) is 0.259. The van der Waals surface area contributed by atoms with Gasteiger partial charge < -0.3 is 14.8 Å². The average molecular weight is 466 g/mol. The molecule has 0 saturated carbocycles. The van der Waals surface area contributed by atoms with Crippen LogP contribution in [0.25, 0.3) is 22.6 Å². The number of thiocarbonyl (C=S) groups is 1. The van der Waals surface area contributed by atoms with Crippen molar-refractivity contribution < 1.29 is 14.3 Å². The van der Waals surface area contributed by atoms with Gasteiger partial charge in [-0.05, 0) is 79.2 Å². The molecule has 0 atom stereocenters. The molecular formula is C24H20ClN3O3S. The molecule has 0 saturated heterocycles. The molecular weight excluding hydrogens is 446 g/mol. The molecule has 8 heteroatoms. The molecule has 0 aliphatic rings. The number of rotatable bonds is 4. The van der Waals surface area contributed by atoms with Gasteiger partial charge in [-0.1, -0.05) is 30.7 Å². The molecule has 1 heterocycles. The van der Waals surface area contributed by atoms with Crippen molar-refractivity contribution in [3.8, 4) is 17.2 Å². The van der Waals surface area contributed by atoms with E-state index in [0.717, 1.165) is 17.5 Å². The summed E-state index contributed by atoms with van der Waals surface area (Å²) in [6.45, 7) is 3.83. The predicted molar refractivity (Wildman–Crippen MR) is 130 cm³/mol. The van der Waals surface area contributed by atoms with Crippen molar-refractivity contribution in [2.75, 3.05) is 5.32 Å². The van der Waals surface area contributed by atoms with Crippen LogP contribution < -0.4 is 10.6 Å². The molecule has 3 aromatic carbocycles. The number of halogens is 1. The fourth-order valence-electron chi connectivity index (χ4n) is 3.29. The molecule has 1 amide bonds. The molecule has 0 bridgehead atoms. The minimum Gasteiger partial charge on any atom is -0.507 e. The van der Waals surface area contributed by atoms with Crippen LogP contribution in [0.1, 0.15) is 28.4 Å². The van der Waals surface area contributed by atoms with E-state index in [1.54, 1.807) is 43.3 Å². The maximum Gasteiger partial charge on any atom is 0.257 e. The normalized spacial score (nSPS) is 10.8. The number of aryl methyl sites for hydroxylation is 2. The topological polar surface area (TPSA) is 87.4 Å². The van der Waals surface area contributed by atoms with Crippen LogP contribution in [0.5, 0.6) is 5.75 Å². The molecule has 0 spiro atoms. The van der Waals surface area contributed by atoms with Crippen LogP contribution in [0.15, 0.2) is 59.0 Å². The predicted octanol–water partition coefficient (Wildman–Crippen LogP) is 5.85. The number of anilines is 1. The van der Waals surface area contributed by atoms with Gasteiger partial charge in [0.25, 0.3) is 5.91 Å². The summed E-state index contributed by atoms with van der Waals surface area (Å²) in [6.07, 6.45) is 0.889. The molecule has 0 radical (unpaired) electrons. The Morgan fingerprint density at radius 1 is 1.19 bits per heavy atom. The molecule has 32 heavy (non-hydrogen) atoms. The average Bonchev–Trinajstić information content (AvgIpc) is 3.19. The number of aromatic nitrogens is 1. The lowest BCUT2D eigenvalue weighted by molar-refractivity contribution is 0.0977. The summed E-state index contributed by atoms with van der Waals surface area (Å²) in [7, 11) is 0. The molecule has 0 unspecified atom stereocenters. The standard InChI is InChI=1S/C24H20ClN3O3S/c1-3-14-7-8-20-19(10-14)27-23(31-20)18-12-17(9-13(2)21(18)29)26-24(32)28-22(30)15-5-4-6-16(25)11-15/h4-12,29H,3H2,1-2H3,(H2,26,28,30,32). The highest BCUT2D eigenvalue weighted by molar-refractivity contribution is 7.80. The van der Waals surface area contributed by atoms with E-state index in [2.05, 4.69) is 22.5 Å². The van der Waals surface area contributed by atoms with Gasteiger partial charge in [-0.2, -0.15) is 0 Å². The monoisotopic (exact) mass is 465 g/mol. The number of phenolic OH excluding ortho intramolecular Hbond substituents is 1. The van der Waals surface area contributed by atoms with Crippen molar-refractivity contribution in [1.82, 2.24) is 10.3 Å². The van der Waals surface area contributed by atoms with E-state index >= 15 is 0 Å². The zero-order chi connectivity index (χ0) is 22.8. The Morgan fingerprint density at radius 3 is 2.75 bits per heavy atom. The van der Waals surface area contributed by atoms with E-state index in [1.807, 2.05) is 18.2 Å². The number of benzene rings is 3. The van der Waals surface area contributed by atoms with Gasteiger partial charge in [-0.3, -0.25) is 10.1 Å². The molecule has 4 rings (SSSR count). The Morgan fingerprint density at radius 2 is 2.00 bits per heavy atom. The van der Waals surface area contributed by atoms with Crippen LogP contribution in [-0.4, -0.2) is 21.1 Å². The maximum absolute atomic E-state index is 12.4. The van der Waals surface area contributed by atoms with Gasteiger partial charge in [0.05, 0.1) is 5.56 Å². The summed E-state index contributed by atoms with van der Waals surface area (Å²) in [6, 6.07) is 15.8. The minimum absolute atomic E-state index is 0.0618. The van der Waals surface area contributed by atoms with E-state index in [0.29, 0.717) is 38.9 Å². The zero-order valence-corrected chi connectivity index (χ0v) is 19.0. The number of nitrogens with zero attached hydrogens (tertiary/aromatic N) is 1. The smallest absolute Gasteiger partial charge is 0.257 e. The highest BCUT2D eigenvalue weighted by Crippen LogP contribution is 2.36. The fraction of sp³-hybridized carbons (Fsp3) is 0.125. The highest BCUT2D eigenvalue weighted by atomic mass is 35.5. The summed E-state index contributed by atoms with van der Waals surface area (Å²) in [5.74, 6) is -0.0236. The number of oxazole rings is 1. The van der Waals surface area contributed by atoms with E-state index in [9.17, 15) is 9.90 Å². The summed E-state index contributed by atoms with van der Waals surface area (Å²) < 4.78 is 5.87. The Kier molecular flexibility index (Phi) is 6.12. The Hall–Kier alpha value is -3.42. The second-order valence-electron chi connectivity index (χ2n) is 7.28. The molecule has 4 aromatic rings. The molecule has 3 N–H and O–H groups in total. The van der Waals surface area contributed by atoms with Crippen molar-refractivity contribution in [2.45, 2.75) is 20.3 Å². The molecule has 162 valence electrons. The van der Waals surface area contributed by atoms with Gasteiger partial charge in [0.15, 0.2) is 10.7 Å². The third-order valence-corrected chi connectivity index (χ3v) is 5.40. The van der Waals surface area contributed by atoms with Crippen LogP contribution >= 0.6 is 23.8 Å². The number of amides is 1. The van der Waals surface area contributed by atoms with Gasteiger partial charge in [-0.25, -0.2) is 4.98 Å². The van der Waals surface area contributed by atoms with E-state index in [1.165, 1.54) is 0 Å². The first kappa shape index (κ1) is 21.8. The summed E-state index contributed by atoms with van der Waals surface area (Å²) in [5.41, 5.74) is 4.49. The number of carbonyl (C=O) groups is 1. The zero-order valence-electron chi connectivity index (χ0n) is 17.4. The SMILES string of the molecule is CCc1ccc2oc(-c3cc(NC(=S)NC(=O)c4cccc(Cl)c4)cc(C)c3O)nc2c1. The number of aromatic hydroxyl groups is 1. The van der Waals surface area contributed by atoms with Gasteiger partial charge >= 0.3 is 0 Å². The van der Waals surface area contributed by atoms with Crippen molar-refractivity contribution >= 4 is 51.6 Å². The van der Waals surface area contributed by atoms with Crippen molar-refractivity contribution in [3.63, 3.8) is 0 Å². The molecule has 0 fully saturated rings. The van der Waals surface area contributed by atoms with Crippen molar-refractivity contribution in [2.24, 2.45) is 0 Å². The van der Waals surface area contributed by atoms with Gasteiger partial charge in [0.2, 0.25) is 5.89 Å². The van der Waals surface area contributed by atoms with Gasteiger partial charge in [0, 0.05) is 16.3 Å². The highest BCUT2D eigenvalue weighted by Gasteiger charge is 2.17. The van der Waals surface area contributed by atoms with Crippen LogP contribution in [-0.2, 0) is 6.42 Å². The van der Waals surface area contributed by atoms with Crippen molar-refractivity contribution in [3.05, 3.63) is 76.3 Å². The van der Waals surface area contributed by atoms with Crippen LogP contribution in [0.3, 0.4) is 0 Å². The summed E-state index contributed by atoms with van der Waals surface area (Å²) in [5, 5.41) is 16.8. The lowest BCUT2D eigenvalue weighted by Crippen LogP contribution is -2.34. The van der Waals surface area contributed by atoms with Crippen LogP contribution in [0, 0.1) is 6.92 Å². The Bertz CT molecular complexity index is 1350. The molecule has 0 aliphatic carbocycles. The van der Waals surface area contributed by atoms with Crippen LogP contribution in [0.2, 0.25) is 5.02 Å². The van der Waals surface area contributed by atoms with E-state index in [-0.39, 0.29) is 16.8 Å². The number of phenols is 1. The summed E-state index contributed by atoms with van der Waals surface area (Å²) >= 11 is 11.2. The largest absolute Gasteiger partial charge is 0.507 e. The number of carbonyl (C=O) groups excluding carboxylic acids is 1. The van der Waals surface area contributed by atoms with Gasteiger partial charge in [-0.15, -0.1) is 0 Å². The fourth-order valence-corrected chi connectivity index (χ4v) is 3.69. The second kappa shape index (κ2) is 8.98. The van der Waals surface area contributed by atoms with Crippen LogP contribution in [0.4, 0.5) is 5.69 Å². The lowest BCUT2D eigenvalue weighted by atomic mass is 10.1. The number of hydrogen-bond donors (Lipinski definition) is 3. The summed E-state index contributed by atoms with van der Waals surface area (Å²) in [4.78, 5) is 16.9. The van der Waals surface area contributed by atoms with Gasteiger partial charge in [0.1, 0.15) is 11.3 Å². The second-order valence-corrected chi connectivity index (χ2v) is 8.13. The molecule has 1 aromatic heterocycles. The molecule has 6 nitrogen and oxygen atoms in total. The Balaban J connectivity index is 1.58.